The van der Waals surface area contributed by atoms with Crippen molar-refractivity contribution in [3.05, 3.63) is 0 Å². The Kier molecular flexibility index (Phi) is 3.29. The quantitative estimate of drug-likeness (QED) is 0.748. The van der Waals surface area contributed by atoms with Crippen LogP contribution in [0.1, 0.15) is 39.0 Å². The van der Waals surface area contributed by atoms with Gasteiger partial charge in [-0.05, 0) is 37.5 Å². The number of carbonyl (C=O) groups is 1. The van der Waals surface area contributed by atoms with E-state index < -0.39 is 0 Å². The van der Waals surface area contributed by atoms with Crippen LogP contribution in [0.3, 0.4) is 0 Å². The van der Waals surface area contributed by atoms with Crippen molar-refractivity contribution < 1.29 is 4.79 Å². The van der Waals surface area contributed by atoms with Gasteiger partial charge in [0.05, 0.1) is 0 Å². The molecule has 2 fully saturated rings. The fourth-order valence-electron chi connectivity index (χ4n) is 3.04. The SMILES string of the molecule is CCCC(=O)N1C[C@H]2CCC(N)C[C@H]2C1. The van der Waals surface area contributed by atoms with Gasteiger partial charge in [0.15, 0.2) is 0 Å². The maximum Gasteiger partial charge on any atom is 0.222 e. The highest BCUT2D eigenvalue weighted by molar-refractivity contribution is 5.76. The molecular weight excluding hydrogens is 188 g/mol. The van der Waals surface area contributed by atoms with Crippen molar-refractivity contribution >= 4 is 5.91 Å². The fourth-order valence-corrected chi connectivity index (χ4v) is 3.04. The molecule has 3 atom stereocenters. The molecule has 86 valence electrons. The molecule has 2 rings (SSSR count). The molecule has 0 aromatic carbocycles. The molecule has 3 heteroatoms. The third-order valence-corrected chi connectivity index (χ3v) is 3.91. The van der Waals surface area contributed by atoms with Gasteiger partial charge in [-0.15, -0.1) is 0 Å². The van der Waals surface area contributed by atoms with Crippen LogP contribution in [0.15, 0.2) is 0 Å². The molecule has 1 amide bonds. The smallest absolute Gasteiger partial charge is 0.222 e. The monoisotopic (exact) mass is 210 g/mol. The van der Waals surface area contributed by atoms with Crippen molar-refractivity contribution in [2.24, 2.45) is 17.6 Å². The Morgan fingerprint density at radius 2 is 2.07 bits per heavy atom. The number of nitrogens with zero attached hydrogens (tertiary/aromatic N) is 1. The number of amides is 1. The average Bonchev–Trinajstić information content (AvgIpc) is 2.60. The van der Waals surface area contributed by atoms with Gasteiger partial charge in [0, 0.05) is 25.6 Å². The number of hydrogen-bond donors (Lipinski definition) is 1. The van der Waals surface area contributed by atoms with E-state index in [1.807, 2.05) is 0 Å². The van der Waals surface area contributed by atoms with Gasteiger partial charge in [0.2, 0.25) is 5.91 Å². The zero-order valence-electron chi connectivity index (χ0n) is 9.61. The Bertz CT molecular complexity index is 242. The first kappa shape index (κ1) is 10.9. The Balaban J connectivity index is 1.90. The number of carbonyl (C=O) groups excluding carboxylic acids is 1. The summed E-state index contributed by atoms with van der Waals surface area (Å²) in [5.41, 5.74) is 5.97. The second kappa shape index (κ2) is 4.52. The zero-order valence-corrected chi connectivity index (χ0v) is 9.61. The minimum absolute atomic E-state index is 0.348. The Labute approximate surface area is 92.0 Å². The van der Waals surface area contributed by atoms with Crippen molar-refractivity contribution in [2.75, 3.05) is 13.1 Å². The lowest BCUT2D eigenvalue weighted by atomic mass is 9.79. The van der Waals surface area contributed by atoms with Gasteiger partial charge in [-0.25, -0.2) is 0 Å². The fraction of sp³-hybridized carbons (Fsp3) is 0.917. The van der Waals surface area contributed by atoms with Crippen molar-refractivity contribution in [3.8, 4) is 0 Å². The van der Waals surface area contributed by atoms with Crippen molar-refractivity contribution in [1.29, 1.82) is 0 Å². The molecule has 0 spiro atoms. The first-order valence-corrected chi connectivity index (χ1v) is 6.24. The number of likely N-dealkylation sites (tertiary alicyclic amines) is 1. The lowest BCUT2D eigenvalue weighted by molar-refractivity contribution is -0.130. The average molecular weight is 210 g/mol. The van der Waals surface area contributed by atoms with Crippen LogP contribution >= 0.6 is 0 Å². The van der Waals surface area contributed by atoms with Crippen LogP contribution in [0.5, 0.6) is 0 Å². The summed E-state index contributed by atoms with van der Waals surface area (Å²) < 4.78 is 0. The summed E-state index contributed by atoms with van der Waals surface area (Å²) in [6, 6.07) is 0.382. The molecule has 0 aromatic rings. The van der Waals surface area contributed by atoms with Gasteiger partial charge in [-0.3, -0.25) is 4.79 Å². The molecule has 2 aliphatic rings. The molecular formula is C12H22N2O. The predicted octanol–water partition coefficient (Wildman–Crippen LogP) is 1.37. The second-order valence-electron chi connectivity index (χ2n) is 5.14. The predicted molar refractivity (Wildman–Crippen MR) is 60.3 cm³/mol. The number of rotatable bonds is 2. The van der Waals surface area contributed by atoms with E-state index >= 15 is 0 Å². The van der Waals surface area contributed by atoms with Crippen LogP contribution in [0.2, 0.25) is 0 Å². The molecule has 1 aliphatic heterocycles. The summed E-state index contributed by atoms with van der Waals surface area (Å²) in [5.74, 6) is 1.78. The van der Waals surface area contributed by atoms with Crippen LogP contribution in [0.25, 0.3) is 0 Å². The van der Waals surface area contributed by atoms with E-state index in [1.54, 1.807) is 0 Å². The molecule has 2 N–H and O–H groups in total. The van der Waals surface area contributed by atoms with Crippen LogP contribution in [0, 0.1) is 11.8 Å². The molecule has 1 unspecified atom stereocenters. The Morgan fingerprint density at radius 1 is 1.33 bits per heavy atom. The molecule has 1 saturated heterocycles. The molecule has 1 aliphatic carbocycles. The second-order valence-corrected chi connectivity index (χ2v) is 5.14. The molecule has 0 bridgehead atoms. The summed E-state index contributed by atoms with van der Waals surface area (Å²) in [4.78, 5) is 13.8. The maximum absolute atomic E-state index is 11.8. The van der Waals surface area contributed by atoms with E-state index in [2.05, 4.69) is 11.8 Å². The lowest BCUT2D eigenvalue weighted by Gasteiger charge is -2.27. The van der Waals surface area contributed by atoms with Crippen LogP contribution < -0.4 is 5.73 Å². The van der Waals surface area contributed by atoms with Crippen LogP contribution in [-0.4, -0.2) is 29.9 Å². The van der Waals surface area contributed by atoms with E-state index in [9.17, 15) is 4.79 Å². The first-order chi connectivity index (χ1) is 7.20. The normalized spacial score (nSPS) is 35.3. The van der Waals surface area contributed by atoms with Crippen LogP contribution in [0.4, 0.5) is 0 Å². The van der Waals surface area contributed by atoms with E-state index in [-0.39, 0.29) is 0 Å². The van der Waals surface area contributed by atoms with Gasteiger partial charge < -0.3 is 10.6 Å². The summed E-state index contributed by atoms with van der Waals surface area (Å²) in [7, 11) is 0. The highest BCUT2D eigenvalue weighted by Crippen LogP contribution is 2.35. The number of fused-ring (bicyclic) bond motifs is 1. The third kappa shape index (κ3) is 2.33. The number of nitrogens with two attached hydrogens (primary N) is 1. The summed E-state index contributed by atoms with van der Waals surface area (Å²) >= 11 is 0. The Morgan fingerprint density at radius 3 is 2.80 bits per heavy atom. The summed E-state index contributed by atoms with van der Waals surface area (Å²) in [6.07, 6.45) is 5.18. The maximum atomic E-state index is 11.8. The van der Waals surface area contributed by atoms with Gasteiger partial charge in [-0.1, -0.05) is 6.92 Å². The Hall–Kier alpha value is -0.570. The topological polar surface area (TPSA) is 46.3 Å². The van der Waals surface area contributed by atoms with Gasteiger partial charge >= 0.3 is 0 Å². The molecule has 3 nitrogen and oxygen atoms in total. The third-order valence-electron chi connectivity index (χ3n) is 3.91. The zero-order chi connectivity index (χ0) is 10.8. The van der Waals surface area contributed by atoms with E-state index in [1.165, 1.54) is 6.42 Å². The van der Waals surface area contributed by atoms with Gasteiger partial charge in [-0.2, -0.15) is 0 Å². The van der Waals surface area contributed by atoms with Gasteiger partial charge in [0.25, 0.3) is 0 Å². The van der Waals surface area contributed by atoms with E-state index in [0.29, 0.717) is 24.3 Å². The van der Waals surface area contributed by atoms with E-state index in [4.69, 9.17) is 5.73 Å². The first-order valence-electron chi connectivity index (χ1n) is 6.24. The molecule has 1 saturated carbocycles. The highest BCUT2D eigenvalue weighted by atomic mass is 16.2. The van der Waals surface area contributed by atoms with Gasteiger partial charge in [0.1, 0.15) is 0 Å². The molecule has 0 radical (unpaired) electrons. The number of hydrogen-bond acceptors (Lipinski definition) is 2. The van der Waals surface area contributed by atoms with Crippen molar-refractivity contribution in [1.82, 2.24) is 4.90 Å². The largest absolute Gasteiger partial charge is 0.342 e. The van der Waals surface area contributed by atoms with E-state index in [0.717, 1.165) is 38.3 Å². The van der Waals surface area contributed by atoms with Crippen LogP contribution in [-0.2, 0) is 4.79 Å². The standard InChI is InChI=1S/C12H22N2O/c1-2-3-12(15)14-7-9-4-5-11(13)6-10(9)8-14/h9-11H,2-8,13H2,1H3/t9-,10+,11?/m1/s1. The molecule has 15 heavy (non-hydrogen) atoms. The van der Waals surface area contributed by atoms with Crippen molar-refractivity contribution in [3.63, 3.8) is 0 Å². The summed E-state index contributed by atoms with van der Waals surface area (Å²) in [5, 5.41) is 0. The minimum Gasteiger partial charge on any atom is -0.342 e. The molecule has 0 aromatic heterocycles. The van der Waals surface area contributed by atoms with Crippen molar-refractivity contribution in [2.45, 2.75) is 45.1 Å². The summed E-state index contributed by atoms with van der Waals surface area (Å²) in [6.45, 7) is 4.03. The molecule has 1 heterocycles. The highest BCUT2D eigenvalue weighted by Gasteiger charge is 2.37. The lowest BCUT2D eigenvalue weighted by Crippen LogP contribution is -2.32. The minimum atomic E-state index is 0.348.